The first-order chi connectivity index (χ1) is 17.9. The summed E-state index contributed by atoms with van der Waals surface area (Å²) in [5.41, 5.74) is 0.382. The second-order valence-corrected chi connectivity index (χ2v) is 8.25. The number of thiocarbonyl (C=S) groups is 1. The number of carboxylic acid groups (broad SMARTS) is 4. The van der Waals surface area contributed by atoms with E-state index < -0.39 is 74.7 Å². The fraction of sp³-hybridized carbons (Fsp3) is 0.250. The van der Waals surface area contributed by atoms with Crippen molar-refractivity contribution in [2.45, 2.75) is 13.1 Å². The standard InChI is InChI=1S/C24H23N3O10S/c28-19(29)9-26(10-20(30)31)7-16-4-15(23(36)14-2-1-3-18(6-14)25-13-38)5-17(24(16)37)8-27(11-21(32)33)12-22(34)35/h1-6,37H,7-12H2,(H,28,29)(H,30,31)(H,32,33)(H,34,35)/p-1. The van der Waals surface area contributed by atoms with Crippen LogP contribution in [0.4, 0.5) is 5.69 Å². The molecule has 14 heteroatoms. The van der Waals surface area contributed by atoms with E-state index in [1.54, 1.807) is 6.07 Å². The fourth-order valence-electron chi connectivity index (χ4n) is 3.64. The third-order valence-electron chi connectivity index (χ3n) is 5.03. The molecule has 2 rings (SSSR count). The number of hydrogen-bond donors (Lipinski definition) is 4. The van der Waals surface area contributed by atoms with Crippen LogP contribution in [0.3, 0.4) is 0 Å². The van der Waals surface area contributed by atoms with Gasteiger partial charge in [-0.15, -0.1) is 0 Å². The van der Waals surface area contributed by atoms with Crippen molar-refractivity contribution in [2.24, 2.45) is 4.99 Å². The molecule has 0 heterocycles. The summed E-state index contributed by atoms with van der Waals surface area (Å²) < 4.78 is 0. The molecule has 38 heavy (non-hydrogen) atoms. The van der Waals surface area contributed by atoms with Crippen molar-refractivity contribution in [1.82, 2.24) is 9.80 Å². The summed E-state index contributed by atoms with van der Waals surface area (Å²) >= 11 is 4.57. The van der Waals surface area contributed by atoms with Crippen LogP contribution in [0.5, 0.6) is 5.75 Å². The Morgan fingerprint density at radius 1 is 0.816 bits per heavy atom. The third kappa shape index (κ3) is 9.19. The van der Waals surface area contributed by atoms with Crippen LogP contribution < -0.4 is 5.11 Å². The van der Waals surface area contributed by atoms with E-state index >= 15 is 0 Å². The fourth-order valence-corrected chi connectivity index (χ4v) is 3.75. The van der Waals surface area contributed by atoms with Gasteiger partial charge in [-0.2, -0.15) is 4.99 Å². The van der Waals surface area contributed by atoms with Crippen molar-refractivity contribution < 1.29 is 49.5 Å². The molecule has 2 aromatic rings. The number of phenols is 1. The summed E-state index contributed by atoms with van der Waals surface area (Å²) in [5, 5.41) is 51.7. The topological polar surface area (TPSA) is 208 Å². The van der Waals surface area contributed by atoms with Crippen molar-refractivity contribution in [3.05, 3.63) is 58.7 Å². The third-order valence-corrected chi connectivity index (χ3v) is 5.12. The molecule has 0 fully saturated rings. The Hall–Kier alpha value is -4.49. The van der Waals surface area contributed by atoms with Crippen molar-refractivity contribution in [3.63, 3.8) is 0 Å². The van der Waals surface area contributed by atoms with Gasteiger partial charge in [0.2, 0.25) is 0 Å². The lowest BCUT2D eigenvalue weighted by molar-refractivity contribution is -0.306. The number of nitrogens with zero attached hydrogens (tertiary/aromatic N) is 3. The monoisotopic (exact) mass is 544 g/mol. The minimum Gasteiger partial charge on any atom is -0.549 e. The average molecular weight is 545 g/mol. The van der Waals surface area contributed by atoms with Crippen LogP contribution in [0.25, 0.3) is 0 Å². The van der Waals surface area contributed by atoms with Crippen LogP contribution in [-0.4, -0.2) is 91.2 Å². The first-order valence-electron chi connectivity index (χ1n) is 10.8. The Bertz CT molecular complexity index is 1220. The Labute approximate surface area is 220 Å². The van der Waals surface area contributed by atoms with Crippen molar-refractivity contribution >= 4 is 52.7 Å². The number of rotatable bonds is 15. The predicted octanol–water partition coefficient (Wildman–Crippen LogP) is -0.0348. The largest absolute Gasteiger partial charge is 0.549 e. The maximum absolute atomic E-state index is 13.3. The SMILES string of the molecule is O=C([O-])CN(CC(=O)O)Cc1cc(C(=O)c2cccc(N=C=S)c2)cc(CN(CC(=O)O)CC(=O)O)c1O. The summed E-state index contributed by atoms with van der Waals surface area (Å²) in [4.78, 5) is 63.9. The number of benzene rings is 2. The molecule has 0 bridgehead atoms. The molecule has 0 saturated heterocycles. The number of carbonyl (C=O) groups excluding carboxylic acids is 2. The van der Waals surface area contributed by atoms with Gasteiger partial charge in [0.25, 0.3) is 0 Å². The summed E-state index contributed by atoms with van der Waals surface area (Å²) in [6, 6.07) is 8.49. The highest BCUT2D eigenvalue weighted by Gasteiger charge is 2.22. The lowest BCUT2D eigenvalue weighted by Gasteiger charge is -2.24. The molecule has 0 aliphatic carbocycles. The summed E-state index contributed by atoms with van der Waals surface area (Å²) in [6.45, 7) is -3.79. The molecule has 0 saturated carbocycles. The highest BCUT2D eigenvalue weighted by atomic mass is 32.1. The zero-order valence-corrected chi connectivity index (χ0v) is 20.5. The van der Waals surface area contributed by atoms with Gasteiger partial charge in [0.05, 0.1) is 36.5 Å². The van der Waals surface area contributed by atoms with E-state index in [9.17, 15) is 34.2 Å². The highest BCUT2D eigenvalue weighted by Crippen LogP contribution is 2.29. The summed E-state index contributed by atoms with van der Waals surface area (Å²) in [5.74, 6) is -6.67. The normalized spacial score (nSPS) is 10.7. The number of hydrogen-bond acceptors (Lipinski definition) is 11. The number of aromatic hydroxyl groups is 1. The molecule has 4 N–H and O–H groups in total. The Morgan fingerprint density at radius 3 is 1.76 bits per heavy atom. The molecular weight excluding hydrogens is 522 g/mol. The number of carboxylic acids is 4. The van der Waals surface area contributed by atoms with Crippen LogP contribution in [-0.2, 0) is 32.3 Å². The van der Waals surface area contributed by atoms with Crippen molar-refractivity contribution in [2.75, 3.05) is 26.2 Å². The van der Waals surface area contributed by atoms with E-state index in [1.165, 1.54) is 30.3 Å². The molecule has 0 amide bonds. The van der Waals surface area contributed by atoms with Crippen LogP contribution in [0, 0.1) is 0 Å². The lowest BCUT2D eigenvalue weighted by Crippen LogP contribution is -2.40. The molecule has 13 nitrogen and oxygen atoms in total. The Morgan fingerprint density at radius 2 is 1.32 bits per heavy atom. The van der Waals surface area contributed by atoms with E-state index in [0.717, 1.165) is 9.80 Å². The molecule has 0 radical (unpaired) electrons. The Kier molecular flexibility index (Phi) is 10.7. The van der Waals surface area contributed by atoms with Gasteiger partial charge < -0.3 is 30.3 Å². The summed E-state index contributed by atoms with van der Waals surface area (Å²) in [7, 11) is 0. The van der Waals surface area contributed by atoms with E-state index in [0.29, 0.717) is 5.69 Å². The number of aliphatic imine (C=N–C) groups is 1. The van der Waals surface area contributed by atoms with Gasteiger partial charge in [-0.25, -0.2) is 0 Å². The number of ketones is 1. The van der Waals surface area contributed by atoms with Gasteiger partial charge in [-0.1, -0.05) is 12.1 Å². The molecule has 0 aromatic heterocycles. The van der Waals surface area contributed by atoms with Gasteiger partial charge >= 0.3 is 17.9 Å². The molecule has 0 aliphatic heterocycles. The van der Waals surface area contributed by atoms with E-state index in [4.69, 9.17) is 15.3 Å². The van der Waals surface area contributed by atoms with E-state index in [1.807, 2.05) is 0 Å². The van der Waals surface area contributed by atoms with E-state index in [2.05, 4.69) is 22.4 Å². The molecule has 0 atom stereocenters. The first-order valence-corrected chi connectivity index (χ1v) is 11.2. The lowest BCUT2D eigenvalue weighted by atomic mass is 9.96. The zero-order chi connectivity index (χ0) is 28.4. The smallest absolute Gasteiger partial charge is 0.317 e. The molecule has 0 spiro atoms. The Balaban J connectivity index is 2.62. The maximum atomic E-state index is 13.3. The first kappa shape index (κ1) is 29.7. The van der Waals surface area contributed by atoms with Crippen LogP contribution in [0.1, 0.15) is 27.0 Å². The number of phenolic OH excluding ortho intramolecular Hbond substituents is 1. The predicted molar refractivity (Wildman–Crippen MR) is 131 cm³/mol. The van der Waals surface area contributed by atoms with Gasteiger partial charge in [0, 0.05) is 41.9 Å². The second kappa shape index (κ2) is 13.7. The number of carbonyl (C=O) groups is 5. The number of isothiocyanates is 1. The molecule has 200 valence electrons. The maximum Gasteiger partial charge on any atom is 0.317 e. The van der Waals surface area contributed by atoms with Gasteiger partial charge in [-0.05, 0) is 36.5 Å². The van der Waals surface area contributed by atoms with Crippen LogP contribution in [0.2, 0.25) is 0 Å². The van der Waals surface area contributed by atoms with Crippen LogP contribution >= 0.6 is 12.2 Å². The second-order valence-electron chi connectivity index (χ2n) is 8.07. The average Bonchev–Trinajstić information content (AvgIpc) is 2.79. The minimum absolute atomic E-state index is 0.0226. The van der Waals surface area contributed by atoms with Crippen molar-refractivity contribution in [1.29, 1.82) is 0 Å². The van der Waals surface area contributed by atoms with Gasteiger partial charge in [0.15, 0.2) is 5.78 Å². The molecular formula is C24H22N3O10S-. The minimum atomic E-state index is -1.58. The van der Waals surface area contributed by atoms with E-state index in [-0.39, 0.29) is 22.3 Å². The highest BCUT2D eigenvalue weighted by molar-refractivity contribution is 7.78. The number of aliphatic carboxylic acids is 4. The van der Waals surface area contributed by atoms with Crippen LogP contribution in [0.15, 0.2) is 41.4 Å². The van der Waals surface area contributed by atoms with Gasteiger partial charge in [-0.3, -0.25) is 29.0 Å². The zero-order valence-electron chi connectivity index (χ0n) is 19.7. The molecule has 0 unspecified atom stereocenters. The van der Waals surface area contributed by atoms with Gasteiger partial charge in [0.1, 0.15) is 5.75 Å². The molecule has 0 aliphatic rings. The molecule has 2 aromatic carbocycles. The summed E-state index contributed by atoms with van der Waals surface area (Å²) in [6.07, 6.45) is 0. The quantitative estimate of drug-likeness (QED) is 0.132. The van der Waals surface area contributed by atoms with Crippen molar-refractivity contribution in [3.8, 4) is 5.75 Å².